The van der Waals surface area contributed by atoms with E-state index in [1.165, 1.54) is 16.8 Å². The summed E-state index contributed by atoms with van der Waals surface area (Å²) in [6.07, 6.45) is 9.92. The Morgan fingerprint density at radius 3 is 1.97 bits per heavy atom. The van der Waals surface area contributed by atoms with Crippen molar-refractivity contribution in [2.45, 2.75) is 33.6 Å². The number of hydrogen-bond acceptors (Lipinski definition) is 3. The molecule has 0 unspecified atom stereocenters. The van der Waals surface area contributed by atoms with Gasteiger partial charge in [0.15, 0.2) is 28.8 Å². The monoisotopic (exact) mass is 535 g/mol. The van der Waals surface area contributed by atoms with Crippen LogP contribution in [0.3, 0.4) is 0 Å². The van der Waals surface area contributed by atoms with Crippen LogP contribution in [0.15, 0.2) is 85.1 Å². The molecular formula is C26H31FINO2. The first-order chi connectivity index (χ1) is 15.1. The smallest absolute Gasteiger partial charge is 0.192 e. The molecule has 0 atom stereocenters. The summed E-state index contributed by atoms with van der Waals surface area (Å²) in [5, 5.41) is 0. The van der Waals surface area contributed by atoms with Crippen molar-refractivity contribution in [1.29, 1.82) is 0 Å². The van der Waals surface area contributed by atoms with Crippen LogP contribution in [-0.4, -0.2) is 18.0 Å². The normalized spacial score (nSPS) is 15.0. The fraction of sp³-hybridized carbons (Fsp3) is 0.308. The second-order valence-corrected chi connectivity index (χ2v) is 7.92. The van der Waals surface area contributed by atoms with E-state index in [-0.39, 0.29) is 11.2 Å². The maximum Gasteiger partial charge on any atom is 0.192 e. The molecule has 3 nitrogen and oxygen atoms in total. The Morgan fingerprint density at radius 2 is 1.55 bits per heavy atom. The lowest BCUT2D eigenvalue weighted by molar-refractivity contribution is -0.00628. The first kappa shape index (κ1) is 25.0. The molecule has 2 aromatic rings. The van der Waals surface area contributed by atoms with Gasteiger partial charge in [0.25, 0.3) is 0 Å². The predicted octanol–water partition coefficient (Wildman–Crippen LogP) is 7.44. The second kappa shape index (κ2) is 12.5. The van der Waals surface area contributed by atoms with Gasteiger partial charge in [-0.05, 0) is 67.3 Å². The summed E-state index contributed by atoms with van der Waals surface area (Å²) < 4.78 is 17.6. The van der Waals surface area contributed by atoms with E-state index in [2.05, 4.69) is 34.6 Å². The first-order valence-corrected chi connectivity index (χ1v) is 11.4. The summed E-state index contributed by atoms with van der Waals surface area (Å²) in [6.45, 7) is 11.8. The zero-order valence-electron chi connectivity index (χ0n) is 18.5. The molecule has 0 aliphatic carbocycles. The van der Waals surface area contributed by atoms with Crippen molar-refractivity contribution in [2.24, 2.45) is 5.41 Å². The van der Waals surface area contributed by atoms with Gasteiger partial charge in [0.05, 0.1) is 0 Å². The minimum atomic E-state index is 0.104. The lowest BCUT2D eigenvalue weighted by atomic mass is 9.70. The molecule has 1 fully saturated rings. The molecule has 1 saturated heterocycles. The molecule has 5 heteroatoms. The Labute approximate surface area is 199 Å². The van der Waals surface area contributed by atoms with Gasteiger partial charge in [-0.15, -0.1) is 0 Å². The highest BCUT2D eigenvalue weighted by Crippen LogP contribution is 2.40. The minimum Gasteiger partial charge on any atom is -0.428 e. The van der Waals surface area contributed by atoms with Crippen molar-refractivity contribution in [3.63, 3.8) is 0 Å². The summed E-state index contributed by atoms with van der Waals surface area (Å²) in [5.41, 5.74) is 3.74. The molecule has 0 spiro atoms. The number of halogens is 2. The Hall–Kier alpha value is -2.28. The predicted molar refractivity (Wildman–Crippen MR) is 135 cm³/mol. The highest BCUT2D eigenvalue weighted by atomic mass is 127. The van der Waals surface area contributed by atoms with E-state index in [9.17, 15) is 4.53 Å². The molecular weight excluding hydrogens is 504 g/mol. The summed E-state index contributed by atoms with van der Waals surface area (Å²) >= 11 is 1.89. The molecule has 1 heterocycles. The third kappa shape index (κ3) is 6.86. The van der Waals surface area contributed by atoms with Crippen LogP contribution >= 0.6 is 23.0 Å². The summed E-state index contributed by atoms with van der Waals surface area (Å²) in [7, 11) is 0. The van der Waals surface area contributed by atoms with E-state index in [4.69, 9.17) is 3.07 Å². The van der Waals surface area contributed by atoms with Crippen LogP contribution in [0.25, 0.3) is 0 Å². The topological polar surface area (TPSA) is 21.7 Å². The second-order valence-electron chi connectivity index (χ2n) is 7.48. The minimum absolute atomic E-state index is 0.104. The van der Waals surface area contributed by atoms with E-state index >= 15 is 0 Å². The number of nitrogens with zero attached hydrogens (tertiary/aromatic N) is 1. The van der Waals surface area contributed by atoms with Crippen molar-refractivity contribution in [1.82, 2.24) is 4.90 Å². The van der Waals surface area contributed by atoms with Crippen LogP contribution in [0.2, 0.25) is 0 Å². The first-order valence-electron chi connectivity index (χ1n) is 10.6. The molecule has 31 heavy (non-hydrogen) atoms. The summed E-state index contributed by atoms with van der Waals surface area (Å²) in [4.78, 5) is 6.19. The van der Waals surface area contributed by atoms with Crippen LogP contribution in [0, 0.1) is 5.41 Å². The van der Waals surface area contributed by atoms with Gasteiger partial charge in [-0.3, -0.25) is 4.94 Å². The standard InChI is InChI=1S/C24H25FINO2.C2H6/c1-3-5-21(6-4-2)27-17-24(18-27,15-19-7-11-22(28-25)12-8-19)16-20-9-13-23(29-26)14-10-20;1-2/h3-14H,1,15-18H2,2H3;1-2H3/b6-4-,21-5+;. The van der Waals surface area contributed by atoms with Crippen molar-refractivity contribution in [2.75, 3.05) is 13.1 Å². The van der Waals surface area contributed by atoms with Crippen LogP contribution < -0.4 is 8.01 Å². The van der Waals surface area contributed by atoms with Gasteiger partial charge in [0.2, 0.25) is 0 Å². The van der Waals surface area contributed by atoms with Gasteiger partial charge in [-0.2, -0.15) is 0 Å². The van der Waals surface area contributed by atoms with Crippen molar-refractivity contribution >= 4 is 23.0 Å². The Kier molecular flexibility index (Phi) is 10.1. The SMILES string of the molecule is C=C/C=C(\C=C/C)N1CC(Cc2ccc(OF)cc2)(Cc2ccc(OI)cc2)C1.CC. The molecule has 0 aromatic heterocycles. The van der Waals surface area contributed by atoms with Crippen LogP contribution in [0.5, 0.6) is 11.5 Å². The van der Waals surface area contributed by atoms with E-state index < -0.39 is 0 Å². The number of hydrogen-bond donors (Lipinski definition) is 0. The van der Waals surface area contributed by atoms with Crippen molar-refractivity contribution < 1.29 is 12.5 Å². The molecule has 1 aliphatic rings. The van der Waals surface area contributed by atoms with Crippen LogP contribution in [-0.2, 0) is 12.8 Å². The van der Waals surface area contributed by atoms with E-state index in [0.29, 0.717) is 0 Å². The number of rotatable bonds is 9. The molecule has 0 N–H and O–H groups in total. The van der Waals surface area contributed by atoms with Gasteiger partial charge < -0.3 is 7.97 Å². The fourth-order valence-electron chi connectivity index (χ4n) is 3.97. The molecule has 0 bridgehead atoms. The lowest BCUT2D eigenvalue weighted by Crippen LogP contribution is -2.57. The van der Waals surface area contributed by atoms with Gasteiger partial charge >= 0.3 is 0 Å². The molecule has 3 rings (SSSR count). The maximum atomic E-state index is 12.4. The van der Waals surface area contributed by atoms with Gasteiger partial charge in [0.1, 0.15) is 5.75 Å². The van der Waals surface area contributed by atoms with Crippen LogP contribution in [0.4, 0.5) is 4.53 Å². The summed E-state index contributed by atoms with van der Waals surface area (Å²) in [6, 6.07) is 15.5. The molecule has 2 aromatic carbocycles. The quantitative estimate of drug-likeness (QED) is 0.246. The third-order valence-electron chi connectivity index (χ3n) is 5.23. The molecule has 1 aliphatic heterocycles. The largest absolute Gasteiger partial charge is 0.428 e. The highest BCUT2D eigenvalue weighted by Gasteiger charge is 2.43. The zero-order valence-corrected chi connectivity index (χ0v) is 20.6. The molecule has 0 saturated carbocycles. The highest BCUT2D eigenvalue weighted by molar-refractivity contribution is 14.1. The van der Waals surface area contributed by atoms with Crippen LogP contribution in [0.1, 0.15) is 31.9 Å². The number of benzene rings is 2. The summed E-state index contributed by atoms with van der Waals surface area (Å²) in [5.74, 6) is 1.08. The molecule has 0 radical (unpaired) electrons. The Bertz CT molecular complexity index is 818. The lowest BCUT2D eigenvalue weighted by Gasteiger charge is -2.52. The molecule has 0 amide bonds. The van der Waals surface area contributed by atoms with Crippen molar-refractivity contribution in [3.8, 4) is 11.5 Å². The number of likely N-dealkylation sites (tertiary alicyclic amines) is 1. The van der Waals surface area contributed by atoms with E-state index in [1.54, 1.807) is 12.1 Å². The Morgan fingerprint density at radius 1 is 1.03 bits per heavy atom. The average Bonchev–Trinajstić information content (AvgIpc) is 2.79. The fourth-order valence-corrected chi connectivity index (χ4v) is 4.27. The van der Waals surface area contributed by atoms with Gasteiger partial charge in [0, 0.05) is 28.7 Å². The number of allylic oxidation sites excluding steroid dienone is 4. The van der Waals surface area contributed by atoms with E-state index in [1.807, 2.05) is 86.3 Å². The van der Waals surface area contributed by atoms with Crippen molar-refractivity contribution in [3.05, 3.63) is 96.2 Å². The average molecular weight is 535 g/mol. The Balaban J connectivity index is 0.00000166. The third-order valence-corrected chi connectivity index (χ3v) is 5.74. The van der Waals surface area contributed by atoms with Gasteiger partial charge in [-0.1, -0.05) is 56.8 Å². The maximum absolute atomic E-state index is 12.4. The van der Waals surface area contributed by atoms with Gasteiger partial charge in [-0.25, -0.2) is 0 Å². The zero-order chi connectivity index (χ0) is 22.7. The molecule has 166 valence electrons. The van der Waals surface area contributed by atoms with E-state index in [0.717, 1.165) is 31.7 Å².